The van der Waals surface area contributed by atoms with Gasteiger partial charge in [0.2, 0.25) is 0 Å². The summed E-state index contributed by atoms with van der Waals surface area (Å²) in [5.74, 6) is 0. The molecule has 1 saturated carbocycles. The third kappa shape index (κ3) is 5.88. The van der Waals surface area contributed by atoms with Gasteiger partial charge in [0.05, 0.1) is 0 Å². The van der Waals surface area contributed by atoms with E-state index in [1.54, 1.807) is 0 Å². The van der Waals surface area contributed by atoms with Crippen molar-refractivity contribution in [3.63, 3.8) is 0 Å². The maximum absolute atomic E-state index is 3.44. The fourth-order valence-electron chi connectivity index (χ4n) is 2.13. The molecule has 0 amide bonds. The Bertz CT molecular complexity index is 105. The van der Waals surface area contributed by atoms with Crippen LogP contribution in [0.15, 0.2) is 0 Å². The van der Waals surface area contributed by atoms with Crippen molar-refractivity contribution in [2.24, 2.45) is 0 Å². The molecule has 1 aliphatic carbocycles. The molecule has 0 saturated heterocycles. The van der Waals surface area contributed by atoms with Gasteiger partial charge in [0.1, 0.15) is 0 Å². The Morgan fingerprint density at radius 1 is 0.692 bits per heavy atom. The first-order valence-corrected chi connectivity index (χ1v) is 6.64. The molecule has 75 valence electrons. The van der Waals surface area contributed by atoms with E-state index in [1.807, 2.05) is 0 Å². The summed E-state index contributed by atoms with van der Waals surface area (Å²) in [7, 11) is 0. The van der Waals surface area contributed by atoms with Crippen molar-refractivity contribution in [2.75, 3.05) is 0 Å². The second-order valence-electron chi connectivity index (χ2n) is 4.25. The second-order valence-corrected chi connectivity index (χ2v) is 4.70. The number of rotatable bonds is 1. The van der Waals surface area contributed by atoms with E-state index in [0.717, 1.165) is 6.04 Å². The number of hydrogen-bond donors (Lipinski definition) is 1. The van der Waals surface area contributed by atoms with Crippen molar-refractivity contribution in [1.29, 1.82) is 0 Å². The van der Waals surface area contributed by atoms with Crippen molar-refractivity contribution >= 4 is 0 Å². The average molecular weight is 216 g/mol. The first kappa shape index (κ1) is 11.7. The molecule has 0 bridgehead atoms. The van der Waals surface area contributed by atoms with Gasteiger partial charge in [0.15, 0.2) is 0 Å². The predicted octanol–water partition coefficient (Wildman–Crippen LogP) is 3.32. The molecule has 1 aliphatic rings. The van der Waals surface area contributed by atoms with Crippen molar-refractivity contribution in [3.05, 3.63) is 0 Å². The number of hydrogen-bond acceptors (Lipinski definition) is 1. The molecule has 13 heavy (non-hydrogen) atoms. The molecule has 1 N–H and O–H groups in total. The Balaban J connectivity index is 2.18. The molecule has 1 nitrogen and oxygen atoms in total. The molecule has 1 fully saturated rings. The van der Waals surface area contributed by atoms with Gasteiger partial charge in [-0.1, -0.05) is 0 Å². The molecule has 0 aromatic carbocycles. The van der Waals surface area contributed by atoms with Gasteiger partial charge in [-0.2, -0.15) is 0 Å². The van der Waals surface area contributed by atoms with Crippen LogP contribution in [0.25, 0.3) is 0 Å². The Hall–Kier alpha value is 0.674. The van der Waals surface area contributed by atoms with Gasteiger partial charge in [-0.15, -0.1) is 0 Å². The van der Waals surface area contributed by atoms with E-state index in [1.165, 1.54) is 64.2 Å². The van der Waals surface area contributed by atoms with Gasteiger partial charge in [-0.3, -0.25) is 0 Å². The van der Waals surface area contributed by atoms with Crippen LogP contribution in [0, 0.1) is 0 Å². The van der Waals surface area contributed by atoms with E-state index < -0.39 is 0 Å². The second kappa shape index (κ2) is 8.02. The Kier molecular flexibility index (Phi) is 7.25. The zero-order valence-electron chi connectivity index (χ0n) is 8.65. The van der Waals surface area contributed by atoms with Crippen LogP contribution in [0.2, 0.25) is 0 Å². The third-order valence-corrected chi connectivity index (χ3v) is 3.70. The van der Waals surface area contributed by atoms with Gasteiger partial charge in [0, 0.05) is 0 Å². The molecule has 0 aliphatic heterocycles. The van der Waals surface area contributed by atoms with Crippen LogP contribution >= 0.6 is 0 Å². The summed E-state index contributed by atoms with van der Waals surface area (Å²) in [4.78, 5) is 0. The van der Waals surface area contributed by atoms with Crippen LogP contribution in [0.1, 0.15) is 64.2 Å². The summed E-state index contributed by atoms with van der Waals surface area (Å²) >= 11 is 2.12. The Morgan fingerprint density at radius 3 is 1.46 bits per heavy atom. The van der Waals surface area contributed by atoms with E-state index in [9.17, 15) is 0 Å². The van der Waals surface area contributed by atoms with Gasteiger partial charge in [-0.25, -0.2) is 0 Å². The summed E-state index contributed by atoms with van der Waals surface area (Å²) in [6.45, 7) is 0. The fourth-order valence-corrected chi connectivity index (χ4v) is 2.58. The summed E-state index contributed by atoms with van der Waals surface area (Å²) in [6, 6.07) is 0.804. The van der Waals surface area contributed by atoms with Crippen LogP contribution in [-0.2, 0) is 20.7 Å². The molecular weight excluding hydrogens is 194 g/mol. The van der Waals surface area contributed by atoms with Crippen molar-refractivity contribution in [2.45, 2.75) is 70.3 Å². The zero-order chi connectivity index (χ0) is 9.36. The van der Waals surface area contributed by atoms with E-state index in [2.05, 4.69) is 24.5 Å². The normalized spacial score (nSPS) is 23.6. The summed E-state index contributed by atoms with van der Waals surface area (Å²) in [5, 5.41) is 0. The molecule has 0 atom stereocenters. The Labute approximate surface area is 94.8 Å². The van der Waals surface area contributed by atoms with E-state index in [4.69, 9.17) is 0 Å². The van der Waals surface area contributed by atoms with Gasteiger partial charge < -0.3 is 0 Å². The SMILES string of the molecule is [Ti][NH]C1CCCCCCCCCC1. The topological polar surface area (TPSA) is 12.0 Å². The minimum absolute atomic E-state index is 0.804. The Morgan fingerprint density at radius 2 is 1.08 bits per heavy atom. The van der Waals surface area contributed by atoms with Crippen molar-refractivity contribution in [3.8, 4) is 0 Å². The van der Waals surface area contributed by atoms with Crippen LogP contribution in [0.4, 0.5) is 0 Å². The maximum atomic E-state index is 3.44. The van der Waals surface area contributed by atoms with E-state index in [-0.39, 0.29) is 0 Å². The molecule has 0 heterocycles. The summed E-state index contributed by atoms with van der Waals surface area (Å²) in [5.41, 5.74) is 0. The average Bonchev–Trinajstić information content (AvgIpc) is 2.22. The standard InChI is InChI=1S/C11H22N.Ti/c12-11-9-7-5-3-1-2-4-6-8-10-11;/h11-12H,1-10H2;/q-1;+1. The fraction of sp³-hybridized carbons (Fsp3) is 1.00. The number of nitrogens with one attached hydrogen (secondary N) is 1. The molecule has 2 heteroatoms. The monoisotopic (exact) mass is 216 g/mol. The molecule has 0 spiro atoms. The van der Waals surface area contributed by atoms with E-state index >= 15 is 0 Å². The van der Waals surface area contributed by atoms with Crippen molar-refractivity contribution < 1.29 is 20.7 Å². The molecule has 0 aromatic rings. The first-order chi connectivity index (χ1) is 6.43. The third-order valence-electron chi connectivity index (χ3n) is 3.06. The first-order valence-electron chi connectivity index (χ1n) is 5.86. The van der Waals surface area contributed by atoms with Crippen LogP contribution < -0.4 is 3.80 Å². The van der Waals surface area contributed by atoms with Gasteiger partial charge in [0.25, 0.3) is 0 Å². The van der Waals surface area contributed by atoms with Gasteiger partial charge in [-0.05, 0) is 0 Å². The van der Waals surface area contributed by atoms with E-state index in [0.29, 0.717) is 0 Å². The van der Waals surface area contributed by atoms with Crippen molar-refractivity contribution in [1.82, 2.24) is 3.80 Å². The zero-order valence-corrected chi connectivity index (χ0v) is 10.2. The van der Waals surface area contributed by atoms with Crippen LogP contribution in [-0.4, -0.2) is 6.04 Å². The molecule has 1 rings (SSSR count). The molecule has 0 aromatic heterocycles. The predicted molar refractivity (Wildman–Crippen MR) is 53.1 cm³/mol. The van der Waals surface area contributed by atoms with Gasteiger partial charge >= 0.3 is 94.7 Å². The molecular formula is C11H22NTi. The molecule has 0 unspecified atom stereocenters. The molecule has 0 radical (unpaired) electrons. The van der Waals surface area contributed by atoms with Crippen LogP contribution in [0.5, 0.6) is 0 Å². The summed E-state index contributed by atoms with van der Waals surface area (Å²) in [6.07, 6.45) is 14.5. The summed E-state index contributed by atoms with van der Waals surface area (Å²) < 4.78 is 3.44. The minimum atomic E-state index is 0.804. The van der Waals surface area contributed by atoms with Crippen LogP contribution in [0.3, 0.4) is 0 Å². The quantitative estimate of drug-likeness (QED) is 0.663.